The molecule has 0 spiro atoms. The lowest BCUT2D eigenvalue weighted by molar-refractivity contribution is -0.122. The highest BCUT2D eigenvalue weighted by molar-refractivity contribution is 5.95. The zero-order valence-electron chi connectivity index (χ0n) is 13.2. The van der Waals surface area contributed by atoms with Crippen LogP contribution in [0, 0.1) is 0 Å². The molecule has 120 valence electrons. The van der Waals surface area contributed by atoms with Crippen LogP contribution in [0.3, 0.4) is 0 Å². The van der Waals surface area contributed by atoms with Gasteiger partial charge in [0.1, 0.15) is 5.75 Å². The van der Waals surface area contributed by atoms with Crippen molar-refractivity contribution in [3.05, 3.63) is 54.6 Å². The summed E-state index contributed by atoms with van der Waals surface area (Å²) >= 11 is 0. The highest BCUT2D eigenvalue weighted by atomic mass is 16.5. The number of benzene rings is 2. The average Bonchev–Trinajstić information content (AvgIpc) is 2.56. The molecule has 0 aliphatic carbocycles. The largest absolute Gasteiger partial charge is 0.481 e. The van der Waals surface area contributed by atoms with Gasteiger partial charge in [-0.15, -0.1) is 0 Å². The number of hydrogen-bond donors (Lipinski definition) is 2. The van der Waals surface area contributed by atoms with Crippen LogP contribution in [0.15, 0.2) is 54.6 Å². The van der Waals surface area contributed by atoms with E-state index in [0.29, 0.717) is 23.5 Å². The van der Waals surface area contributed by atoms with E-state index >= 15 is 0 Å². The first-order valence-electron chi connectivity index (χ1n) is 7.51. The summed E-state index contributed by atoms with van der Waals surface area (Å²) in [5, 5.41) is 5.53. The number of nitrogens with one attached hydrogen (secondary N) is 2. The van der Waals surface area contributed by atoms with Gasteiger partial charge in [0.15, 0.2) is 6.10 Å². The van der Waals surface area contributed by atoms with Gasteiger partial charge in [0.05, 0.1) is 0 Å². The standard InChI is InChI=1S/C18H20N2O3/c1-3-17(21)19-14-8-7-9-15(12-14)20-18(22)13(2)23-16-10-5-4-6-11-16/h4-13H,3H2,1-2H3,(H,19,21)(H,20,22). The predicted molar refractivity (Wildman–Crippen MR) is 90.5 cm³/mol. The van der Waals surface area contributed by atoms with Crippen LogP contribution in [0.25, 0.3) is 0 Å². The van der Waals surface area contributed by atoms with Crippen molar-refractivity contribution in [1.29, 1.82) is 0 Å². The topological polar surface area (TPSA) is 67.4 Å². The number of amides is 2. The molecule has 2 amide bonds. The summed E-state index contributed by atoms with van der Waals surface area (Å²) in [6.07, 6.45) is -0.232. The number of carbonyl (C=O) groups excluding carboxylic acids is 2. The van der Waals surface area contributed by atoms with Gasteiger partial charge in [0, 0.05) is 17.8 Å². The molecular weight excluding hydrogens is 292 g/mol. The molecular formula is C18H20N2O3. The molecule has 1 atom stereocenters. The number of hydrogen-bond acceptors (Lipinski definition) is 3. The maximum atomic E-state index is 12.2. The molecule has 0 saturated carbocycles. The summed E-state index contributed by atoms with van der Waals surface area (Å²) in [6.45, 7) is 3.47. The Balaban J connectivity index is 1.96. The molecule has 1 unspecified atom stereocenters. The lowest BCUT2D eigenvalue weighted by Crippen LogP contribution is -2.30. The molecule has 23 heavy (non-hydrogen) atoms. The van der Waals surface area contributed by atoms with E-state index in [1.807, 2.05) is 18.2 Å². The Kier molecular flexibility index (Phi) is 5.74. The maximum absolute atomic E-state index is 12.2. The van der Waals surface area contributed by atoms with E-state index in [4.69, 9.17) is 4.74 Å². The van der Waals surface area contributed by atoms with Crippen molar-refractivity contribution in [2.75, 3.05) is 10.6 Å². The van der Waals surface area contributed by atoms with Gasteiger partial charge in [-0.1, -0.05) is 31.2 Å². The van der Waals surface area contributed by atoms with E-state index in [2.05, 4.69) is 10.6 Å². The monoisotopic (exact) mass is 312 g/mol. The van der Waals surface area contributed by atoms with Crippen LogP contribution in [0.2, 0.25) is 0 Å². The zero-order chi connectivity index (χ0) is 16.7. The summed E-state index contributed by atoms with van der Waals surface area (Å²) in [4.78, 5) is 23.6. The van der Waals surface area contributed by atoms with Gasteiger partial charge < -0.3 is 15.4 Å². The fraction of sp³-hybridized carbons (Fsp3) is 0.222. The third-order valence-corrected chi connectivity index (χ3v) is 3.16. The van der Waals surface area contributed by atoms with Gasteiger partial charge in [-0.25, -0.2) is 0 Å². The minimum atomic E-state index is -0.633. The quantitative estimate of drug-likeness (QED) is 0.858. The molecule has 0 fully saturated rings. The van der Waals surface area contributed by atoms with Gasteiger partial charge >= 0.3 is 0 Å². The molecule has 2 N–H and O–H groups in total. The Morgan fingerprint density at radius 3 is 2.30 bits per heavy atom. The summed E-state index contributed by atoms with van der Waals surface area (Å²) in [5.41, 5.74) is 1.25. The molecule has 0 aliphatic heterocycles. The number of carbonyl (C=O) groups is 2. The smallest absolute Gasteiger partial charge is 0.265 e. The second-order valence-corrected chi connectivity index (χ2v) is 5.04. The minimum absolute atomic E-state index is 0.0748. The number of para-hydroxylation sites is 1. The van der Waals surface area contributed by atoms with Gasteiger partial charge in [-0.2, -0.15) is 0 Å². The van der Waals surface area contributed by atoms with Gasteiger partial charge in [0.25, 0.3) is 5.91 Å². The second kappa shape index (κ2) is 7.98. The van der Waals surface area contributed by atoms with E-state index < -0.39 is 6.10 Å². The summed E-state index contributed by atoms with van der Waals surface area (Å²) in [6, 6.07) is 16.2. The molecule has 5 heteroatoms. The van der Waals surface area contributed by atoms with Crippen LogP contribution in [0.1, 0.15) is 20.3 Å². The van der Waals surface area contributed by atoms with Gasteiger partial charge in [0.2, 0.25) is 5.91 Å². The van der Waals surface area contributed by atoms with Crippen LogP contribution in [0.4, 0.5) is 11.4 Å². The van der Waals surface area contributed by atoms with Crippen LogP contribution in [-0.2, 0) is 9.59 Å². The van der Waals surface area contributed by atoms with Crippen molar-refractivity contribution >= 4 is 23.2 Å². The van der Waals surface area contributed by atoms with Crippen molar-refractivity contribution in [3.63, 3.8) is 0 Å². The summed E-state index contributed by atoms with van der Waals surface area (Å²) < 4.78 is 5.58. The molecule has 0 heterocycles. The second-order valence-electron chi connectivity index (χ2n) is 5.04. The van der Waals surface area contributed by atoms with Crippen LogP contribution in [0.5, 0.6) is 5.75 Å². The number of ether oxygens (including phenoxy) is 1. The first kappa shape index (κ1) is 16.5. The lowest BCUT2D eigenvalue weighted by atomic mass is 10.2. The SMILES string of the molecule is CCC(=O)Nc1cccc(NC(=O)C(C)Oc2ccccc2)c1. The summed E-state index contributed by atoms with van der Waals surface area (Å²) in [5.74, 6) is 0.307. The fourth-order valence-corrected chi connectivity index (χ4v) is 1.92. The fourth-order valence-electron chi connectivity index (χ4n) is 1.92. The average molecular weight is 312 g/mol. The Labute approximate surface area is 135 Å². The van der Waals surface area contributed by atoms with Crippen molar-refractivity contribution in [3.8, 4) is 5.75 Å². The van der Waals surface area contributed by atoms with E-state index in [0.717, 1.165) is 0 Å². The molecule has 5 nitrogen and oxygen atoms in total. The third-order valence-electron chi connectivity index (χ3n) is 3.16. The van der Waals surface area contributed by atoms with Gasteiger partial charge in [-0.05, 0) is 37.3 Å². The van der Waals surface area contributed by atoms with Gasteiger partial charge in [-0.3, -0.25) is 9.59 Å². The first-order chi connectivity index (χ1) is 11.1. The Bertz CT molecular complexity index is 671. The molecule has 0 aromatic heterocycles. The Morgan fingerprint density at radius 2 is 1.65 bits per heavy atom. The molecule has 2 aromatic rings. The zero-order valence-corrected chi connectivity index (χ0v) is 13.2. The Morgan fingerprint density at radius 1 is 1.00 bits per heavy atom. The van der Waals surface area contributed by atoms with Crippen molar-refractivity contribution in [1.82, 2.24) is 0 Å². The Hall–Kier alpha value is -2.82. The van der Waals surface area contributed by atoms with E-state index in [9.17, 15) is 9.59 Å². The molecule has 0 radical (unpaired) electrons. The number of anilines is 2. The summed E-state index contributed by atoms with van der Waals surface area (Å²) in [7, 11) is 0. The highest BCUT2D eigenvalue weighted by Crippen LogP contribution is 2.17. The number of rotatable bonds is 6. The normalized spacial score (nSPS) is 11.4. The van der Waals surface area contributed by atoms with Crippen molar-refractivity contribution in [2.45, 2.75) is 26.4 Å². The lowest BCUT2D eigenvalue weighted by Gasteiger charge is -2.15. The molecule has 0 bridgehead atoms. The molecule has 0 saturated heterocycles. The van der Waals surface area contributed by atoms with Crippen molar-refractivity contribution in [2.24, 2.45) is 0 Å². The van der Waals surface area contributed by atoms with Crippen molar-refractivity contribution < 1.29 is 14.3 Å². The predicted octanol–water partition coefficient (Wildman–Crippen LogP) is 3.44. The van der Waals surface area contributed by atoms with Crippen LogP contribution in [-0.4, -0.2) is 17.9 Å². The van der Waals surface area contributed by atoms with E-state index in [-0.39, 0.29) is 11.8 Å². The highest BCUT2D eigenvalue weighted by Gasteiger charge is 2.15. The molecule has 2 rings (SSSR count). The first-order valence-corrected chi connectivity index (χ1v) is 7.51. The molecule has 0 aliphatic rings. The maximum Gasteiger partial charge on any atom is 0.265 e. The van der Waals surface area contributed by atoms with Crippen LogP contribution >= 0.6 is 0 Å². The van der Waals surface area contributed by atoms with E-state index in [1.54, 1.807) is 50.2 Å². The minimum Gasteiger partial charge on any atom is -0.481 e. The van der Waals surface area contributed by atoms with E-state index in [1.165, 1.54) is 0 Å². The van der Waals surface area contributed by atoms with Crippen LogP contribution < -0.4 is 15.4 Å². The third kappa shape index (κ3) is 5.14. The molecule has 2 aromatic carbocycles.